The van der Waals surface area contributed by atoms with Crippen molar-refractivity contribution in [3.63, 3.8) is 0 Å². The van der Waals surface area contributed by atoms with Gasteiger partial charge in [-0.3, -0.25) is 9.69 Å². The summed E-state index contributed by atoms with van der Waals surface area (Å²) in [5.74, 6) is -1.56. The Balaban J connectivity index is 1.87. The molecular weight excluding hydrogens is 263 g/mol. The lowest BCUT2D eigenvalue weighted by atomic mass is 10.1. The van der Waals surface area contributed by atoms with E-state index in [-0.39, 0.29) is 24.8 Å². The summed E-state index contributed by atoms with van der Waals surface area (Å²) >= 11 is 0. The molecule has 106 valence electrons. The van der Waals surface area contributed by atoms with Crippen LogP contribution < -0.4 is 5.32 Å². The molecule has 6 heteroatoms. The SMILES string of the molecule is O=C(CN1CCC=C(C(=O)O)C1)Nc1ccc(F)cc1. The molecule has 1 aromatic rings. The number of aliphatic carboxylic acids is 1. The standard InChI is InChI=1S/C14H15FN2O3/c15-11-3-5-12(6-4-11)16-13(18)9-17-7-1-2-10(8-17)14(19)20/h2-6H,1,7-9H2,(H,16,18)(H,19,20). The highest BCUT2D eigenvalue weighted by Crippen LogP contribution is 2.11. The third-order valence-corrected chi connectivity index (χ3v) is 3.00. The molecule has 0 spiro atoms. The molecule has 0 atom stereocenters. The normalized spacial score (nSPS) is 15.6. The van der Waals surface area contributed by atoms with Crippen LogP contribution in [0, 0.1) is 5.82 Å². The second kappa shape index (κ2) is 6.29. The van der Waals surface area contributed by atoms with Gasteiger partial charge in [-0.1, -0.05) is 6.08 Å². The highest BCUT2D eigenvalue weighted by Gasteiger charge is 2.19. The number of anilines is 1. The second-order valence-corrected chi connectivity index (χ2v) is 4.59. The Labute approximate surface area is 115 Å². The van der Waals surface area contributed by atoms with E-state index in [0.29, 0.717) is 24.2 Å². The van der Waals surface area contributed by atoms with Crippen molar-refractivity contribution in [2.24, 2.45) is 0 Å². The van der Waals surface area contributed by atoms with Gasteiger partial charge in [0.05, 0.1) is 6.54 Å². The van der Waals surface area contributed by atoms with E-state index in [1.54, 1.807) is 11.0 Å². The summed E-state index contributed by atoms with van der Waals surface area (Å²) in [6.07, 6.45) is 2.29. The van der Waals surface area contributed by atoms with Crippen LogP contribution in [0.5, 0.6) is 0 Å². The molecule has 0 bridgehead atoms. The van der Waals surface area contributed by atoms with Crippen molar-refractivity contribution in [3.05, 3.63) is 41.7 Å². The molecule has 0 radical (unpaired) electrons. The fourth-order valence-corrected chi connectivity index (χ4v) is 2.03. The van der Waals surface area contributed by atoms with E-state index in [1.165, 1.54) is 24.3 Å². The summed E-state index contributed by atoms with van der Waals surface area (Å²) in [5, 5.41) is 11.6. The Bertz CT molecular complexity index is 540. The zero-order valence-electron chi connectivity index (χ0n) is 10.8. The van der Waals surface area contributed by atoms with Gasteiger partial charge >= 0.3 is 5.97 Å². The van der Waals surface area contributed by atoms with Crippen LogP contribution in [0.4, 0.5) is 10.1 Å². The maximum absolute atomic E-state index is 12.7. The summed E-state index contributed by atoms with van der Waals surface area (Å²) in [6, 6.07) is 5.49. The number of carboxylic acids is 1. The minimum Gasteiger partial charge on any atom is -0.478 e. The molecule has 1 aliphatic rings. The van der Waals surface area contributed by atoms with Crippen LogP contribution >= 0.6 is 0 Å². The zero-order valence-corrected chi connectivity index (χ0v) is 10.8. The molecule has 1 heterocycles. The summed E-state index contributed by atoms with van der Waals surface area (Å²) < 4.78 is 12.7. The smallest absolute Gasteiger partial charge is 0.332 e. The van der Waals surface area contributed by atoms with E-state index in [1.807, 2.05) is 0 Å². The first-order valence-corrected chi connectivity index (χ1v) is 6.24. The maximum Gasteiger partial charge on any atom is 0.332 e. The molecule has 0 saturated heterocycles. The molecule has 0 saturated carbocycles. The van der Waals surface area contributed by atoms with Crippen LogP contribution in [0.15, 0.2) is 35.9 Å². The van der Waals surface area contributed by atoms with Crippen molar-refractivity contribution in [2.75, 3.05) is 25.0 Å². The van der Waals surface area contributed by atoms with Gasteiger partial charge in [-0.15, -0.1) is 0 Å². The Morgan fingerprint density at radius 2 is 2.00 bits per heavy atom. The lowest BCUT2D eigenvalue weighted by Gasteiger charge is -2.24. The Kier molecular flexibility index (Phi) is 4.47. The van der Waals surface area contributed by atoms with Gasteiger partial charge in [0.25, 0.3) is 0 Å². The predicted octanol–water partition coefficient (Wildman–Crippen LogP) is 1.48. The van der Waals surface area contributed by atoms with Gasteiger partial charge in [-0.2, -0.15) is 0 Å². The quantitative estimate of drug-likeness (QED) is 0.875. The van der Waals surface area contributed by atoms with Crippen molar-refractivity contribution < 1.29 is 19.1 Å². The van der Waals surface area contributed by atoms with Gasteiger partial charge in [0.1, 0.15) is 5.82 Å². The van der Waals surface area contributed by atoms with E-state index in [9.17, 15) is 14.0 Å². The highest BCUT2D eigenvalue weighted by molar-refractivity contribution is 5.92. The van der Waals surface area contributed by atoms with Crippen molar-refractivity contribution in [1.29, 1.82) is 0 Å². The number of carbonyl (C=O) groups excluding carboxylic acids is 1. The van der Waals surface area contributed by atoms with Crippen LogP contribution in [0.3, 0.4) is 0 Å². The minimum atomic E-state index is -0.950. The number of nitrogens with one attached hydrogen (secondary N) is 1. The van der Waals surface area contributed by atoms with Crippen molar-refractivity contribution in [2.45, 2.75) is 6.42 Å². The summed E-state index contributed by atoms with van der Waals surface area (Å²) in [7, 11) is 0. The molecule has 20 heavy (non-hydrogen) atoms. The van der Waals surface area contributed by atoms with E-state index >= 15 is 0 Å². The summed E-state index contributed by atoms with van der Waals surface area (Å²) in [4.78, 5) is 24.5. The summed E-state index contributed by atoms with van der Waals surface area (Å²) in [6.45, 7) is 1.02. The highest BCUT2D eigenvalue weighted by atomic mass is 19.1. The van der Waals surface area contributed by atoms with Gasteiger partial charge in [0.2, 0.25) is 5.91 Å². The van der Waals surface area contributed by atoms with Crippen molar-refractivity contribution in [1.82, 2.24) is 4.90 Å². The Morgan fingerprint density at radius 1 is 1.30 bits per heavy atom. The number of carboxylic acid groups (broad SMARTS) is 1. The van der Waals surface area contributed by atoms with Crippen molar-refractivity contribution in [3.8, 4) is 0 Å². The molecule has 1 aromatic carbocycles. The number of nitrogens with zero attached hydrogens (tertiary/aromatic N) is 1. The molecule has 0 unspecified atom stereocenters. The third-order valence-electron chi connectivity index (χ3n) is 3.00. The fourth-order valence-electron chi connectivity index (χ4n) is 2.03. The monoisotopic (exact) mass is 278 g/mol. The molecule has 1 amide bonds. The number of benzene rings is 1. The van der Waals surface area contributed by atoms with Crippen molar-refractivity contribution >= 4 is 17.6 Å². The number of halogens is 1. The number of hydrogen-bond acceptors (Lipinski definition) is 3. The van der Waals surface area contributed by atoms with E-state index in [0.717, 1.165) is 0 Å². The minimum absolute atomic E-state index is 0.113. The van der Waals surface area contributed by atoms with Gasteiger partial charge in [0, 0.05) is 24.4 Å². The van der Waals surface area contributed by atoms with Crippen LogP contribution in [-0.2, 0) is 9.59 Å². The molecule has 2 rings (SSSR count). The first-order valence-electron chi connectivity index (χ1n) is 6.24. The van der Waals surface area contributed by atoms with Crippen LogP contribution in [0.1, 0.15) is 6.42 Å². The molecule has 2 N–H and O–H groups in total. The lowest BCUT2D eigenvalue weighted by Crippen LogP contribution is -2.38. The van der Waals surface area contributed by atoms with Gasteiger partial charge < -0.3 is 10.4 Å². The maximum atomic E-state index is 12.7. The summed E-state index contributed by atoms with van der Waals surface area (Å²) in [5.41, 5.74) is 0.827. The Hall–Kier alpha value is -2.21. The molecular formula is C14H15FN2O3. The van der Waals surface area contributed by atoms with Crippen LogP contribution in [-0.4, -0.2) is 41.5 Å². The molecule has 0 aliphatic carbocycles. The Morgan fingerprint density at radius 3 is 2.65 bits per heavy atom. The van der Waals surface area contributed by atoms with Crippen LogP contribution in [0.25, 0.3) is 0 Å². The molecule has 1 aliphatic heterocycles. The number of rotatable bonds is 4. The lowest BCUT2D eigenvalue weighted by molar-refractivity contribution is -0.133. The topological polar surface area (TPSA) is 69.6 Å². The first-order chi connectivity index (χ1) is 9.54. The van der Waals surface area contributed by atoms with Crippen LogP contribution in [0.2, 0.25) is 0 Å². The predicted molar refractivity (Wildman–Crippen MR) is 71.8 cm³/mol. The molecule has 0 fully saturated rings. The number of hydrogen-bond donors (Lipinski definition) is 2. The zero-order chi connectivity index (χ0) is 14.5. The number of amides is 1. The van der Waals surface area contributed by atoms with Gasteiger partial charge in [-0.05, 0) is 30.7 Å². The van der Waals surface area contributed by atoms with E-state index in [4.69, 9.17) is 5.11 Å². The largest absolute Gasteiger partial charge is 0.478 e. The van der Waals surface area contributed by atoms with E-state index < -0.39 is 5.97 Å². The average Bonchev–Trinajstić information content (AvgIpc) is 2.41. The average molecular weight is 278 g/mol. The third kappa shape index (κ3) is 3.89. The fraction of sp³-hybridized carbons (Fsp3) is 0.286. The van der Waals surface area contributed by atoms with E-state index in [2.05, 4.69) is 5.32 Å². The molecule has 0 aromatic heterocycles. The first kappa shape index (κ1) is 14.2. The van der Waals surface area contributed by atoms with Gasteiger partial charge in [0.15, 0.2) is 0 Å². The molecule has 5 nitrogen and oxygen atoms in total. The number of carbonyl (C=O) groups is 2. The second-order valence-electron chi connectivity index (χ2n) is 4.59. The van der Waals surface area contributed by atoms with Gasteiger partial charge in [-0.25, -0.2) is 9.18 Å².